The Morgan fingerprint density at radius 2 is 1.89 bits per heavy atom. The maximum Gasteiger partial charge on any atom is 0.416 e. The fraction of sp³-hybridized carbons (Fsp3) is 0.529. The lowest BCUT2D eigenvalue weighted by Crippen LogP contribution is -2.38. The number of rotatable bonds is 9. The molecule has 0 saturated heterocycles. The van der Waals surface area contributed by atoms with Gasteiger partial charge in [-0.15, -0.1) is 0 Å². The predicted octanol–water partition coefficient (Wildman–Crippen LogP) is 3.12. The number of nitrogens with one attached hydrogen (secondary N) is 2. The number of esters is 1. The van der Waals surface area contributed by atoms with E-state index < -0.39 is 40.8 Å². The topological polar surface area (TPSA) is 111 Å². The van der Waals surface area contributed by atoms with Crippen LogP contribution in [0.15, 0.2) is 18.2 Å². The van der Waals surface area contributed by atoms with Crippen molar-refractivity contribution in [1.82, 2.24) is 5.32 Å². The highest BCUT2D eigenvalue weighted by Gasteiger charge is 2.33. The van der Waals surface area contributed by atoms with E-state index in [4.69, 9.17) is 4.74 Å². The molecule has 1 amide bonds. The molecule has 0 aromatic heterocycles. The van der Waals surface area contributed by atoms with Crippen molar-refractivity contribution >= 4 is 23.3 Å². The molecule has 156 valence electrons. The summed E-state index contributed by atoms with van der Waals surface area (Å²) in [4.78, 5) is 33.3. The van der Waals surface area contributed by atoms with E-state index in [2.05, 4.69) is 10.6 Å². The van der Waals surface area contributed by atoms with Crippen LogP contribution >= 0.6 is 0 Å². The maximum atomic E-state index is 12.7. The standard InChI is InChI=1S/C17H22F3N3O5/c1-10(2)11(3)22-15(24)9-28-16(25)6-7-21-13-5-4-12(17(18,19)20)8-14(13)23(26)27/h4-5,8,10-11,21H,6-7,9H2,1-3H3,(H,22,24)/t11-/m1/s1. The number of anilines is 1. The van der Waals surface area contributed by atoms with E-state index in [0.717, 1.165) is 6.07 Å². The molecule has 0 fully saturated rings. The van der Waals surface area contributed by atoms with Gasteiger partial charge in [-0.3, -0.25) is 19.7 Å². The van der Waals surface area contributed by atoms with Crippen molar-refractivity contribution in [3.63, 3.8) is 0 Å². The Hall–Kier alpha value is -2.85. The van der Waals surface area contributed by atoms with Gasteiger partial charge in [0.05, 0.1) is 16.9 Å². The molecule has 0 radical (unpaired) electrons. The van der Waals surface area contributed by atoms with Crippen molar-refractivity contribution in [2.75, 3.05) is 18.5 Å². The number of halogens is 3. The minimum absolute atomic E-state index is 0.0897. The molecule has 0 spiro atoms. The second-order valence-corrected chi connectivity index (χ2v) is 6.42. The summed E-state index contributed by atoms with van der Waals surface area (Å²) < 4.78 is 42.8. The summed E-state index contributed by atoms with van der Waals surface area (Å²) in [7, 11) is 0. The lowest BCUT2D eigenvalue weighted by molar-refractivity contribution is -0.384. The molecular weight excluding hydrogens is 383 g/mol. The monoisotopic (exact) mass is 405 g/mol. The fourth-order valence-electron chi connectivity index (χ4n) is 1.99. The number of nitro groups is 1. The summed E-state index contributed by atoms with van der Waals surface area (Å²) in [5.41, 5.74) is -2.06. The second kappa shape index (κ2) is 9.90. The van der Waals surface area contributed by atoms with Gasteiger partial charge in [-0.05, 0) is 25.0 Å². The number of carbonyl (C=O) groups excluding carboxylic acids is 2. The van der Waals surface area contributed by atoms with Gasteiger partial charge in [0.25, 0.3) is 11.6 Å². The van der Waals surface area contributed by atoms with E-state index in [1.165, 1.54) is 0 Å². The zero-order chi connectivity index (χ0) is 21.5. The van der Waals surface area contributed by atoms with Crippen LogP contribution in [-0.4, -0.2) is 36.0 Å². The number of carbonyl (C=O) groups is 2. The molecule has 0 unspecified atom stereocenters. The molecule has 0 bridgehead atoms. The van der Waals surface area contributed by atoms with Crippen LogP contribution in [0, 0.1) is 16.0 Å². The molecule has 0 aliphatic heterocycles. The third-order valence-corrected chi connectivity index (χ3v) is 3.92. The Morgan fingerprint density at radius 3 is 2.43 bits per heavy atom. The summed E-state index contributed by atoms with van der Waals surface area (Å²) in [6, 6.07) is 1.95. The van der Waals surface area contributed by atoms with Gasteiger partial charge in [0.1, 0.15) is 5.69 Å². The van der Waals surface area contributed by atoms with Crippen LogP contribution in [0.25, 0.3) is 0 Å². The van der Waals surface area contributed by atoms with Crippen LogP contribution in [0.2, 0.25) is 0 Å². The lowest BCUT2D eigenvalue weighted by Gasteiger charge is -2.17. The number of nitrogens with zero attached hydrogens (tertiary/aromatic N) is 1. The van der Waals surface area contributed by atoms with E-state index in [0.29, 0.717) is 12.1 Å². The van der Waals surface area contributed by atoms with Gasteiger partial charge in [-0.2, -0.15) is 13.2 Å². The first-order valence-electron chi connectivity index (χ1n) is 8.46. The molecule has 11 heteroatoms. The van der Waals surface area contributed by atoms with Crippen LogP contribution < -0.4 is 10.6 Å². The minimum Gasteiger partial charge on any atom is -0.456 e. The normalized spacial score (nSPS) is 12.4. The SMILES string of the molecule is CC(C)[C@@H](C)NC(=O)COC(=O)CCNc1ccc(C(F)(F)F)cc1[N+](=O)[O-]. The third kappa shape index (κ3) is 7.41. The lowest BCUT2D eigenvalue weighted by atomic mass is 10.1. The minimum atomic E-state index is -4.71. The summed E-state index contributed by atoms with van der Waals surface area (Å²) in [6.45, 7) is 5.07. The number of alkyl halides is 3. The first kappa shape index (κ1) is 23.2. The zero-order valence-corrected chi connectivity index (χ0v) is 15.6. The van der Waals surface area contributed by atoms with Gasteiger partial charge in [0, 0.05) is 18.7 Å². The molecule has 8 nitrogen and oxygen atoms in total. The van der Waals surface area contributed by atoms with Gasteiger partial charge in [-0.25, -0.2) is 0 Å². The molecule has 0 aliphatic rings. The van der Waals surface area contributed by atoms with Crippen molar-refractivity contribution in [1.29, 1.82) is 0 Å². The van der Waals surface area contributed by atoms with E-state index in [-0.39, 0.29) is 30.6 Å². The molecule has 1 aromatic rings. The zero-order valence-electron chi connectivity index (χ0n) is 15.6. The number of nitro benzene ring substituents is 1. The van der Waals surface area contributed by atoms with Crippen LogP contribution in [0.1, 0.15) is 32.8 Å². The molecule has 0 heterocycles. The van der Waals surface area contributed by atoms with Crippen molar-refractivity contribution in [2.24, 2.45) is 5.92 Å². The van der Waals surface area contributed by atoms with Crippen LogP contribution in [0.5, 0.6) is 0 Å². The number of ether oxygens (including phenoxy) is 1. The van der Waals surface area contributed by atoms with Crippen molar-refractivity contribution in [2.45, 2.75) is 39.4 Å². The molecule has 0 aliphatic carbocycles. The second-order valence-electron chi connectivity index (χ2n) is 6.42. The highest BCUT2D eigenvalue weighted by molar-refractivity contribution is 5.80. The van der Waals surface area contributed by atoms with E-state index in [1.807, 2.05) is 20.8 Å². The number of amides is 1. The van der Waals surface area contributed by atoms with Crippen LogP contribution in [-0.2, 0) is 20.5 Å². The first-order valence-corrected chi connectivity index (χ1v) is 8.46. The Morgan fingerprint density at radius 1 is 1.25 bits per heavy atom. The first-order chi connectivity index (χ1) is 12.9. The van der Waals surface area contributed by atoms with Gasteiger partial charge in [-0.1, -0.05) is 13.8 Å². The molecule has 1 rings (SSSR count). The maximum absolute atomic E-state index is 12.7. The number of hydrogen-bond donors (Lipinski definition) is 2. The smallest absolute Gasteiger partial charge is 0.416 e. The molecule has 1 atom stereocenters. The van der Waals surface area contributed by atoms with E-state index >= 15 is 0 Å². The Bertz CT molecular complexity index is 722. The van der Waals surface area contributed by atoms with Crippen LogP contribution in [0.4, 0.5) is 24.5 Å². The number of hydrogen-bond acceptors (Lipinski definition) is 6. The Kier molecular flexibility index (Phi) is 8.20. The summed E-state index contributed by atoms with van der Waals surface area (Å²) in [6.07, 6.45) is -4.94. The molecular formula is C17H22F3N3O5. The molecule has 2 N–H and O–H groups in total. The highest BCUT2D eigenvalue weighted by atomic mass is 19.4. The van der Waals surface area contributed by atoms with Crippen molar-refractivity contribution in [3.05, 3.63) is 33.9 Å². The van der Waals surface area contributed by atoms with Crippen LogP contribution in [0.3, 0.4) is 0 Å². The third-order valence-electron chi connectivity index (χ3n) is 3.92. The summed E-state index contributed by atoms with van der Waals surface area (Å²) in [5.74, 6) is -0.973. The van der Waals surface area contributed by atoms with Gasteiger partial charge in [0.15, 0.2) is 6.61 Å². The predicted molar refractivity (Wildman–Crippen MR) is 94.6 cm³/mol. The Balaban J connectivity index is 2.53. The summed E-state index contributed by atoms with van der Waals surface area (Å²) >= 11 is 0. The summed E-state index contributed by atoms with van der Waals surface area (Å²) in [5, 5.41) is 16.2. The highest BCUT2D eigenvalue weighted by Crippen LogP contribution is 2.34. The quantitative estimate of drug-likeness (QED) is 0.371. The Labute approximate surface area is 159 Å². The van der Waals surface area contributed by atoms with Gasteiger partial charge < -0.3 is 15.4 Å². The average molecular weight is 405 g/mol. The molecule has 0 saturated carbocycles. The average Bonchev–Trinajstić information content (AvgIpc) is 2.58. The van der Waals surface area contributed by atoms with Gasteiger partial charge in [0.2, 0.25) is 0 Å². The van der Waals surface area contributed by atoms with E-state index in [1.54, 1.807) is 0 Å². The fourth-order valence-corrected chi connectivity index (χ4v) is 1.99. The van der Waals surface area contributed by atoms with E-state index in [9.17, 15) is 32.9 Å². The molecule has 1 aromatic carbocycles. The number of benzene rings is 1. The van der Waals surface area contributed by atoms with Gasteiger partial charge >= 0.3 is 12.1 Å². The van der Waals surface area contributed by atoms with Crippen molar-refractivity contribution in [3.8, 4) is 0 Å². The largest absolute Gasteiger partial charge is 0.456 e. The van der Waals surface area contributed by atoms with Crippen molar-refractivity contribution < 1.29 is 32.4 Å². The molecule has 28 heavy (non-hydrogen) atoms.